The summed E-state index contributed by atoms with van der Waals surface area (Å²) < 4.78 is 30.0. The Morgan fingerprint density at radius 3 is 2.10 bits per heavy atom. The van der Waals surface area contributed by atoms with Gasteiger partial charge in [0.25, 0.3) is 0 Å². The molecule has 2 heterocycles. The fourth-order valence-corrected chi connectivity index (χ4v) is 4.06. The first-order valence-electron chi connectivity index (χ1n) is 10.4. The molecular weight excluding hydrogens is 384 g/mol. The summed E-state index contributed by atoms with van der Waals surface area (Å²) in [5.41, 5.74) is 2.10. The SMILES string of the molecule is COC[C@H]1O[C@@H]2CCC(=O)O[C@H]2[C@@H](OCc2ccccc2)[C@@H]1OCc1ccccc1. The third-order valence-electron chi connectivity index (χ3n) is 5.53. The van der Waals surface area contributed by atoms with Gasteiger partial charge in [-0.05, 0) is 17.5 Å². The average molecular weight is 412 g/mol. The summed E-state index contributed by atoms with van der Waals surface area (Å²) in [5.74, 6) is -0.222. The number of esters is 1. The van der Waals surface area contributed by atoms with Crippen molar-refractivity contribution in [3.63, 3.8) is 0 Å². The smallest absolute Gasteiger partial charge is 0.306 e. The van der Waals surface area contributed by atoms with E-state index in [1.54, 1.807) is 7.11 Å². The Hall–Kier alpha value is -2.25. The second-order valence-electron chi connectivity index (χ2n) is 7.68. The molecule has 5 atom stereocenters. The van der Waals surface area contributed by atoms with Crippen LogP contribution in [0.4, 0.5) is 0 Å². The standard InChI is InChI=1S/C24H28O6/c1-26-16-20-22(27-14-17-8-4-2-5-9-17)24(28-15-18-10-6-3-7-11-18)23-19(29-20)12-13-21(25)30-23/h2-11,19-20,22-24H,12-16H2,1H3/t19-,20-,22-,23-,24+/m1/s1. The lowest BCUT2D eigenvalue weighted by atomic mass is 9.90. The van der Waals surface area contributed by atoms with Crippen LogP contribution in [0.25, 0.3) is 0 Å². The molecule has 160 valence electrons. The van der Waals surface area contributed by atoms with Gasteiger partial charge < -0.3 is 23.7 Å². The van der Waals surface area contributed by atoms with Crippen molar-refractivity contribution in [2.75, 3.05) is 13.7 Å². The Labute approximate surface area is 177 Å². The molecule has 0 aromatic heterocycles. The number of ether oxygens (including phenoxy) is 5. The van der Waals surface area contributed by atoms with Crippen LogP contribution in [-0.4, -0.2) is 50.2 Å². The molecule has 0 spiro atoms. The Bertz CT molecular complexity index is 796. The summed E-state index contributed by atoms with van der Waals surface area (Å²) in [5, 5.41) is 0. The second kappa shape index (κ2) is 10.2. The first-order chi connectivity index (χ1) is 14.7. The van der Waals surface area contributed by atoms with Crippen molar-refractivity contribution < 1.29 is 28.5 Å². The predicted molar refractivity (Wildman–Crippen MR) is 110 cm³/mol. The number of carbonyl (C=O) groups excluding carboxylic acids is 1. The van der Waals surface area contributed by atoms with E-state index in [0.717, 1.165) is 11.1 Å². The van der Waals surface area contributed by atoms with Gasteiger partial charge in [0.1, 0.15) is 18.3 Å². The van der Waals surface area contributed by atoms with Crippen molar-refractivity contribution in [1.29, 1.82) is 0 Å². The minimum atomic E-state index is -0.496. The van der Waals surface area contributed by atoms with Crippen LogP contribution >= 0.6 is 0 Å². The third-order valence-corrected chi connectivity index (χ3v) is 5.53. The molecule has 2 aromatic rings. The zero-order valence-electron chi connectivity index (χ0n) is 17.1. The molecule has 0 amide bonds. The van der Waals surface area contributed by atoms with Gasteiger partial charge in [-0.3, -0.25) is 4.79 Å². The number of hydrogen-bond donors (Lipinski definition) is 0. The van der Waals surface area contributed by atoms with Gasteiger partial charge in [0.15, 0.2) is 6.10 Å². The lowest BCUT2D eigenvalue weighted by Gasteiger charge is -2.47. The molecule has 0 unspecified atom stereocenters. The maximum atomic E-state index is 12.0. The van der Waals surface area contributed by atoms with Gasteiger partial charge in [0.05, 0.1) is 25.9 Å². The van der Waals surface area contributed by atoms with Crippen molar-refractivity contribution in [1.82, 2.24) is 0 Å². The molecule has 2 aliphatic heterocycles. The van der Waals surface area contributed by atoms with E-state index in [1.807, 2.05) is 60.7 Å². The van der Waals surface area contributed by atoms with E-state index < -0.39 is 18.3 Å². The minimum Gasteiger partial charge on any atom is -0.457 e. The minimum absolute atomic E-state index is 0.222. The molecule has 2 fully saturated rings. The van der Waals surface area contributed by atoms with Gasteiger partial charge in [0.2, 0.25) is 0 Å². The summed E-state index contributed by atoms with van der Waals surface area (Å²) in [4.78, 5) is 12.0. The van der Waals surface area contributed by atoms with E-state index in [-0.39, 0.29) is 18.2 Å². The summed E-state index contributed by atoms with van der Waals surface area (Å²) in [6.07, 6.45) is -0.943. The van der Waals surface area contributed by atoms with Crippen LogP contribution in [0.3, 0.4) is 0 Å². The van der Waals surface area contributed by atoms with Crippen molar-refractivity contribution >= 4 is 5.97 Å². The van der Waals surface area contributed by atoms with Crippen LogP contribution in [0, 0.1) is 0 Å². The Balaban J connectivity index is 1.55. The number of rotatable bonds is 8. The normalized spacial score (nSPS) is 28.6. The van der Waals surface area contributed by atoms with Crippen LogP contribution in [0.5, 0.6) is 0 Å². The van der Waals surface area contributed by atoms with Crippen molar-refractivity contribution in [3.8, 4) is 0 Å². The van der Waals surface area contributed by atoms with Crippen LogP contribution in [0.1, 0.15) is 24.0 Å². The number of benzene rings is 2. The number of methoxy groups -OCH3 is 1. The topological polar surface area (TPSA) is 63.2 Å². The maximum absolute atomic E-state index is 12.0. The molecule has 0 N–H and O–H groups in total. The highest BCUT2D eigenvalue weighted by molar-refractivity contribution is 5.70. The largest absolute Gasteiger partial charge is 0.457 e. The lowest BCUT2D eigenvalue weighted by molar-refractivity contribution is -0.273. The monoisotopic (exact) mass is 412 g/mol. The highest BCUT2D eigenvalue weighted by Gasteiger charge is 2.51. The summed E-state index contributed by atoms with van der Waals surface area (Å²) in [6, 6.07) is 19.9. The van der Waals surface area contributed by atoms with Gasteiger partial charge in [0, 0.05) is 13.5 Å². The molecule has 2 aromatic carbocycles. The van der Waals surface area contributed by atoms with E-state index in [4.69, 9.17) is 23.7 Å². The second-order valence-corrected chi connectivity index (χ2v) is 7.68. The Morgan fingerprint density at radius 2 is 1.50 bits per heavy atom. The molecule has 4 rings (SSSR count). The zero-order chi connectivity index (χ0) is 20.8. The van der Waals surface area contributed by atoms with Gasteiger partial charge in [-0.15, -0.1) is 0 Å². The van der Waals surface area contributed by atoms with Crippen LogP contribution in [-0.2, 0) is 41.7 Å². The Morgan fingerprint density at radius 1 is 0.900 bits per heavy atom. The highest BCUT2D eigenvalue weighted by atomic mass is 16.6. The van der Waals surface area contributed by atoms with Crippen molar-refractivity contribution in [3.05, 3.63) is 71.8 Å². The fourth-order valence-electron chi connectivity index (χ4n) is 4.06. The molecule has 0 aliphatic carbocycles. The first-order valence-corrected chi connectivity index (χ1v) is 10.4. The van der Waals surface area contributed by atoms with Crippen molar-refractivity contribution in [2.45, 2.75) is 56.6 Å². The van der Waals surface area contributed by atoms with E-state index in [2.05, 4.69) is 0 Å². The van der Waals surface area contributed by atoms with Gasteiger partial charge in [-0.2, -0.15) is 0 Å². The fraction of sp³-hybridized carbons (Fsp3) is 0.458. The average Bonchev–Trinajstić information content (AvgIpc) is 2.78. The maximum Gasteiger partial charge on any atom is 0.306 e. The van der Waals surface area contributed by atoms with E-state index in [0.29, 0.717) is 32.7 Å². The molecule has 2 saturated heterocycles. The van der Waals surface area contributed by atoms with Crippen LogP contribution in [0.2, 0.25) is 0 Å². The number of hydrogen-bond acceptors (Lipinski definition) is 6. The van der Waals surface area contributed by atoms with E-state index in [1.165, 1.54) is 0 Å². The molecule has 6 heteroatoms. The zero-order valence-corrected chi connectivity index (χ0v) is 17.1. The molecule has 30 heavy (non-hydrogen) atoms. The molecule has 0 bridgehead atoms. The van der Waals surface area contributed by atoms with Gasteiger partial charge >= 0.3 is 5.97 Å². The molecule has 0 saturated carbocycles. The number of carbonyl (C=O) groups is 1. The van der Waals surface area contributed by atoms with Crippen LogP contribution < -0.4 is 0 Å². The highest BCUT2D eigenvalue weighted by Crippen LogP contribution is 2.34. The Kier molecular flexibility index (Phi) is 7.12. The lowest BCUT2D eigenvalue weighted by Crippen LogP contribution is -2.62. The molecule has 6 nitrogen and oxygen atoms in total. The molecular formula is C24H28O6. The van der Waals surface area contributed by atoms with Gasteiger partial charge in [-0.1, -0.05) is 60.7 Å². The quantitative estimate of drug-likeness (QED) is 0.620. The molecule has 0 radical (unpaired) electrons. The predicted octanol–water partition coefficient (Wildman–Crippen LogP) is 3.28. The van der Waals surface area contributed by atoms with E-state index >= 15 is 0 Å². The first kappa shape index (κ1) is 21.0. The summed E-state index contributed by atoms with van der Waals surface area (Å²) >= 11 is 0. The van der Waals surface area contributed by atoms with Gasteiger partial charge in [-0.25, -0.2) is 0 Å². The van der Waals surface area contributed by atoms with Crippen LogP contribution in [0.15, 0.2) is 60.7 Å². The van der Waals surface area contributed by atoms with Crippen molar-refractivity contribution in [2.24, 2.45) is 0 Å². The summed E-state index contributed by atoms with van der Waals surface area (Å²) in [6.45, 7) is 1.19. The number of fused-ring (bicyclic) bond motifs is 1. The molecule has 2 aliphatic rings. The summed E-state index contributed by atoms with van der Waals surface area (Å²) in [7, 11) is 1.64. The third kappa shape index (κ3) is 5.08. The van der Waals surface area contributed by atoms with E-state index in [9.17, 15) is 4.79 Å².